The molecule has 4 heterocycles. The lowest BCUT2D eigenvalue weighted by Crippen LogP contribution is -2.58. The molecule has 0 saturated carbocycles. The van der Waals surface area contributed by atoms with Gasteiger partial charge in [0.2, 0.25) is 0 Å². The topological polar surface area (TPSA) is 127 Å². The number of morpholine rings is 1. The number of nitrogens with one attached hydrogen (secondary N) is 2. The number of thiazole rings is 1. The minimum Gasteiger partial charge on any atom is -0.506 e. The second-order valence-corrected chi connectivity index (χ2v) is 13.9. The summed E-state index contributed by atoms with van der Waals surface area (Å²) in [5.74, 6) is 0.826. The Hall–Kier alpha value is -2.97. The number of amides is 1. The Morgan fingerprint density at radius 2 is 1.91 bits per heavy atom. The Balaban J connectivity index is 0.910. The number of carbonyl (C=O) groups is 1. The van der Waals surface area contributed by atoms with Crippen LogP contribution in [-0.4, -0.2) is 89.0 Å². The number of hydrogen-bond acceptors (Lipinski definition) is 10. The monoisotopic (exact) mass is 658 g/mol. The first-order valence-electron chi connectivity index (χ1n) is 14.6. The van der Waals surface area contributed by atoms with Gasteiger partial charge in [0.15, 0.2) is 0 Å². The Labute approximate surface area is 267 Å². The van der Waals surface area contributed by atoms with Gasteiger partial charge in [0.05, 0.1) is 38.8 Å². The van der Waals surface area contributed by atoms with Crippen LogP contribution in [-0.2, 0) is 11.3 Å². The SMILES string of the molecule is O=C(c1ccc(Cl)s1)N1CCOC2(CCN(CCOc3ccc(CNC[C@H](O)c4ccc(O)c5[nH]c(=O)sc45)cc3)CC2)C1. The van der Waals surface area contributed by atoms with Gasteiger partial charge in [0.1, 0.15) is 23.6 Å². The second-order valence-electron chi connectivity index (χ2n) is 11.2. The van der Waals surface area contributed by atoms with Gasteiger partial charge >= 0.3 is 4.87 Å². The number of aromatic amines is 1. The van der Waals surface area contributed by atoms with Crippen molar-refractivity contribution in [2.45, 2.75) is 31.1 Å². The summed E-state index contributed by atoms with van der Waals surface area (Å²) in [5.41, 5.74) is 1.72. The summed E-state index contributed by atoms with van der Waals surface area (Å²) in [7, 11) is 0. The molecule has 2 fully saturated rings. The Morgan fingerprint density at radius 3 is 2.66 bits per heavy atom. The number of ether oxygens (including phenoxy) is 2. The number of likely N-dealkylation sites (tertiary alicyclic amines) is 1. The van der Waals surface area contributed by atoms with Crippen LogP contribution in [0.4, 0.5) is 0 Å². The Morgan fingerprint density at radius 1 is 1.11 bits per heavy atom. The molecule has 234 valence electrons. The van der Waals surface area contributed by atoms with E-state index in [1.54, 1.807) is 18.2 Å². The summed E-state index contributed by atoms with van der Waals surface area (Å²) in [4.78, 5) is 32.0. The number of aromatic hydroxyl groups is 1. The van der Waals surface area contributed by atoms with Crippen LogP contribution in [0.2, 0.25) is 4.34 Å². The molecule has 4 aromatic rings. The maximum Gasteiger partial charge on any atom is 0.305 e. The second kappa shape index (κ2) is 13.6. The van der Waals surface area contributed by atoms with Crippen molar-refractivity contribution >= 4 is 50.4 Å². The number of benzene rings is 2. The van der Waals surface area contributed by atoms with E-state index >= 15 is 0 Å². The number of fused-ring (bicyclic) bond motifs is 1. The number of aliphatic hydroxyl groups excluding tert-OH is 1. The molecule has 1 amide bonds. The van der Waals surface area contributed by atoms with Gasteiger partial charge < -0.3 is 34.9 Å². The van der Waals surface area contributed by atoms with E-state index in [1.165, 1.54) is 17.4 Å². The zero-order valence-electron chi connectivity index (χ0n) is 24.1. The molecule has 6 rings (SSSR count). The lowest BCUT2D eigenvalue weighted by atomic mass is 9.89. The molecule has 4 N–H and O–H groups in total. The van der Waals surface area contributed by atoms with Crippen molar-refractivity contribution < 1.29 is 24.5 Å². The molecule has 0 unspecified atom stereocenters. The predicted molar refractivity (Wildman–Crippen MR) is 172 cm³/mol. The molecular weight excluding hydrogens is 624 g/mol. The molecule has 44 heavy (non-hydrogen) atoms. The smallest absolute Gasteiger partial charge is 0.305 e. The fraction of sp³-hybridized carbons (Fsp3) is 0.419. The van der Waals surface area contributed by atoms with Crippen LogP contribution in [0.15, 0.2) is 53.3 Å². The van der Waals surface area contributed by atoms with Gasteiger partial charge in [-0.05, 0) is 48.7 Å². The third kappa shape index (κ3) is 7.12. The number of aliphatic hydroxyl groups is 1. The summed E-state index contributed by atoms with van der Waals surface area (Å²) in [6.07, 6.45) is 0.928. The highest BCUT2D eigenvalue weighted by atomic mass is 35.5. The highest BCUT2D eigenvalue weighted by Gasteiger charge is 2.41. The highest BCUT2D eigenvalue weighted by molar-refractivity contribution is 7.18. The standard InChI is InChI=1S/C31H35ClN4O6S2/c32-26-8-7-25(43-26)29(39)36-14-16-42-31(19-36)9-11-35(12-10-31)13-15-41-21-3-1-20(2-4-21)17-33-18-24(38)22-5-6-23(37)27-28(22)44-30(40)34-27/h1-8,24,33,37-38H,9-19H2,(H,34,40)/t24-/m0/s1. The molecule has 0 aliphatic carbocycles. The van der Waals surface area contributed by atoms with Gasteiger partial charge in [-0.1, -0.05) is 41.1 Å². The largest absolute Gasteiger partial charge is 0.506 e. The summed E-state index contributed by atoms with van der Waals surface area (Å²) >= 11 is 8.33. The summed E-state index contributed by atoms with van der Waals surface area (Å²) in [6, 6.07) is 14.6. The van der Waals surface area contributed by atoms with Crippen LogP contribution in [0.1, 0.15) is 39.7 Å². The first-order chi connectivity index (χ1) is 21.3. The number of aromatic nitrogens is 1. The number of carbonyl (C=O) groups excluding carboxylic acids is 1. The van der Waals surface area contributed by atoms with E-state index in [1.807, 2.05) is 29.2 Å². The fourth-order valence-corrected chi connectivity index (χ4v) is 7.78. The lowest BCUT2D eigenvalue weighted by molar-refractivity contribution is -0.127. The minimum absolute atomic E-state index is 0.00889. The van der Waals surface area contributed by atoms with Crippen LogP contribution in [0.5, 0.6) is 11.5 Å². The molecule has 0 radical (unpaired) electrons. The predicted octanol–water partition coefficient (Wildman–Crippen LogP) is 4.22. The first-order valence-corrected chi connectivity index (χ1v) is 16.7. The van der Waals surface area contributed by atoms with Crippen molar-refractivity contribution in [3.8, 4) is 11.5 Å². The van der Waals surface area contributed by atoms with E-state index in [4.69, 9.17) is 21.1 Å². The van der Waals surface area contributed by atoms with E-state index in [9.17, 15) is 19.8 Å². The van der Waals surface area contributed by atoms with Crippen molar-refractivity contribution in [1.82, 2.24) is 20.1 Å². The van der Waals surface area contributed by atoms with Crippen LogP contribution in [0, 0.1) is 0 Å². The molecule has 2 aromatic heterocycles. The molecule has 2 aliphatic heterocycles. The van der Waals surface area contributed by atoms with Crippen LogP contribution >= 0.6 is 34.3 Å². The lowest BCUT2D eigenvalue weighted by Gasteiger charge is -2.47. The number of phenolic OH excluding ortho intramolecular Hbond substituents is 1. The average molecular weight is 659 g/mol. The Bertz CT molecular complexity index is 1650. The molecule has 2 aliphatic rings. The molecule has 2 saturated heterocycles. The molecular formula is C31H35ClN4O6S2. The van der Waals surface area contributed by atoms with E-state index in [-0.39, 0.29) is 22.1 Å². The number of thiophene rings is 1. The quantitative estimate of drug-likeness (QED) is 0.200. The summed E-state index contributed by atoms with van der Waals surface area (Å²) < 4.78 is 13.4. The first kappa shape index (κ1) is 31.0. The molecule has 2 aromatic carbocycles. The Kier molecular flexibility index (Phi) is 9.57. The number of halogens is 1. The normalized spacial score (nSPS) is 17.7. The average Bonchev–Trinajstić information content (AvgIpc) is 3.64. The number of phenols is 1. The third-order valence-electron chi connectivity index (χ3n) is 8.30. The van der Waals surface area contributed by atoms with Gasteiger partial charge in [-0.3, -0.25) is 14.5 Å². The number of piperidine rings is 1. The molecule has 13 heteroatoms. The van der Waals surface area contributed by atoms with E-state index in [0.717, 1.165) is 55.1 Å². The zero-order valence-corrected chi connectivity index (χ0v) is 26.5. The number of rotatable bonds is 10. The van der Waals surface area contributed by atoms with Gasteiger partial charge in [-0.2, -0.15) is 0 Å². The number of hydrogen-bond donors (Lipinski definition) is 4. The maximum absolute atomic E-state index is 12.9. The van der Waals surface area contributed by atoms with E-state index in [0.29, 0.717) is 64.4 Å². The fourth-order valence-electron chi connectivity index (χ4n) is 5.85. The van der Waals surface area contributed by atoms with Crippen LogP contribution < -0.4 is 14.9 Å². The van der Waals surface area contributed by atoms with Gasteiger partial charge in [0, 0.05) is 44.8 Å². The van der Waals surface area contributed by atoms with Crippen LogP contribution in [0.3, 0.4) is 0 Å². The van der Waals surface area contributed by atoms with Gasteiger partial charge in [-0.15, -0.1) is 11.3 Å². The third-order valence-corrected chi connectivity index (χ3v) is 10.5. The van der Waals surface area contributed by atoms with Crippen molar-refractivity contribution in [2.24, 2.45) is 0 Å². The molecule has 1 atom stereocenters. The molecule has 10 nitrogen and oxygen atoms in total. The van der Waals surface area contributed by atoms with E-state index in [2.05, 4.69) is 15.2 Å². The maximum atomic E-state index is 12.9. The zero-order chi connectivity index (χ0) is 30.7. The number of nitrogens with zero attached hydrogens (tertiary/aromatic N) is 2. The highest BCUT2D eigenvalue weighted by Crippen LogP contribution is 2.33. The van der Waals surface area contributed by atoms with Crippen molar-refractivity contribution in [3.63, 3.8) is 0 Å². The van der Waals surface area contributed by atoms with E-state index < -0.39 is 6.10 Å². The summed E-state index contributed by atoms with van der Waals surface area (Å²) in [5, 5.41) is 23.9. The van der Waals surface area contributed by atoms with Crippen molar-refractivity contribution in [1.29, 1.82) is 0 Å². The summed E-state index contributed by atoms with van der Waals surface area (Å²) in [6.45, 7) is 5.81. The van der Waals surface area contributed by atoms with Crippen molar-refractivity contribution in [3.05, 3.63) is 78.5 Å². The van der Waals surface area contributed by atoms with Gasteiger partial charge in [-0.25, -0.2) is 0 Å². The number of H-pyrrole nitrogens is 1. The molecule has 1 spiro atoms. The minimum atomic E-state index is -0.825. The van der Waals surface area contributed by atoms with Gasteiger partial charge in [0.25, 0.3) is 5.91 Å². The molecule has 0 bridgehead atoms. The van der Waals surface area contributed by atoms with Crippen LogP contribution in [0.25, 0.3) is 10.2 Å². The van der Waals surface area contributed by atoms with Crippen molar-refractivity contribution in [2.75, 3.05) is 52.5 Å².